The molecule has 0 aromatic rings. The van der Waals surface area contributed by atoms with Gasteiger partial charge in [-0.15, -0.1) is 0 Å². The van der Waals surface area contributed by atoms with Gasteiger partial charge in [0.15, 0.2) is 0 Å². The molecule has 0 unspecified atom stereocenters. The molecule has 0 N–H and O–H groups in total. The fraction of sp³-hybridized carbons (Fsp3) is 0.846. The molecule has 2 fully saturated rings. The lowest BCUT2D eigenvalue weighted by atomic mass is 10.2. The van der Waals surface area contributed by atoms with Crippen molar-refractivity contribution < 1.29 is 4.74 Å². The average molecular weight is 252 g/mol. The van der Waals surface area contributed by atoms with Gasteiger partial charge in [-0.3, -0.25) is 9.89 Å². The molecule has 5 heteroatoms. The zero-order valence-corrected chi connectivity index (χ0v) is 11.7. The number of aliphatic imine (C=N–C) groups is 2. The van der Waals surface area contributed by atoms with Crippen molar-refractivity contribution in [3.63, 3.8) is 0 Å². The molecule has 2 saturated heterocycles. The van der Waals surface area contributed by atoms with Crippen LogP contribution < -0.4 is 0 Å². The van der Waals surface area contributed by atoms with E-state index in [0.29, 0.717) is 6.04 Å². The highest BCUT2D eigenvalue weighted by atomic mass is 16.5. The van der Waals surface area contributed by atoms with Gasteiger partial charge in [-0.2, -0.15) is 0 Å². The van der Waals surface area contributed by atoms with E-state index in [0.717, 1.165) is 57.5 Å². The molecular formula is C13H24N4O. The number of ether oxygens (including phenoxy) is 1. The van der Waals surface area contributed by atoms with Crippen LogP contribution in [0.5, 0.6) is 0 Å². The van der Waals surface area contributed by atoms with Crippen molar-refractivity contribution in [2.24, 2.45) is 9.98 Å². The Bertz CT molecular complexity index is 328. The number of guanidine groups is 1. The SMILES string of the molecule is CC/C(C)=N\C(=NC)N1CCN(C2COC2)CC1. The molecule has 18 heavy (non-hydrogen) atoms. The van der Waals surface area contributed by atoms with E-state index < -0.39 is 0 Å². The molecule has 0 aromatic carbocycles. The van der Waals surface area contributed by atoms with Crippen LogP contribution in [0, 0.1) is 0 Å². The topological polar surface area (TPSA) is 40.4 Å². The van der Waals surface area contributed by atoms with E-state index >= 15 is 0 Å². The average Bonchev–Trinajstić information content (AvgIpc) is 2.34. The van der Waals surface area contributed by atoms with Crippen molar-refractivity contribution in [3.05, 3.63) is 0 Å². The number of hydrogen-bond acceptors (Lipinski definition) is 3. The molecule has 2 heterocycles. The molecule has 0 radical (unpaired) electrons. The van der Waals surface area contributed by atoms with E-state index in [1.54, 1.807) is 0 Å². The van der Waals surface area contributed by atoms with E-state index in [1.165, 1.54) is 0 Å². The summed E-state index contributed by atoms with van der Waals surface area (Å²) in [5.74, 6) is 0.888. The van der Waals surface area contributed by atoms with Crippen molar-refractivity contribution in [1.29, 1.82) is 0 Å². The van der Waals surface area contributed by atoms with Crippen molar-refractivity contribution in [2.45, 2.75) is 26.3 Å². The Morgan fingerprint density at radius 3 is 2.33 bits per heavy atom. The first-order valence-corrected chi connectivity index (χ1v) is 6.82. The predicted molar refractivity (Wildman–Crippen MR) is 74.5 cm³/mol. The van der Waals surface area contributed by atoms with Crippen molar-refractivity contribution in [2.75, 3.05) is 46.4 Å². The number of rotatable bonds is 2. The quantitative estimate of drug-likeness (QED) is 0.540. The van der Waals surface area contributed by atoms with Crippen LogP contribution in [0.4, 0.5) is 0 Å². The van der Waals surface area contributed by atoms with Gasteiger partial charge in [0.25, 0.3) is 0 Å². The van der Waals surface area contributed by atoms with Crippen LogP contribution in [-0.2, 0) is 4.74 Å². The Morgan fingerprint density at radius 2 is 1.89 bits per heavy atom. The van der Waals surface area contributed by atoms with E-state index in [9.17, 15) is 0 Å². The van der Waals surface area contributed by atoms with E-state index in [-0.39, 0.29) is 0 Å². The van der Waals surface area contributed by atoms with Gasteiger partial charge in [-0.25, -0.2) is 4.99 Å². The maximum absolute atomic E-state index is 5.25. The van der Waals surface area contributed by atoms with Crippen LogP contribution in [0.25, 0.3) is 0 Å². The summed E-state index contributed by atoms with van der Waals surface area (Å²) in [6, 6.07) is 0.648. The third-order valence-electron chi connectivity index (χ3n) is 3.74. The highest BCUT2D eigenvalue weighted by Crippen LogP contribution is 2.13. The third-order valence-corrected chi connectivity index (χ3v) is 3.74. The molecule has 0 saturated carbocycles. The summed E-state index contributed by atoms with van der Waals surface area (Å²) < 4.78 is 5.25. The molecule has 0 amide bonds. The second-order valence-electron chi connectivity index (χ2n) is 4.94. The van der Waals surface area contributed by atoms with E-state index in [2.05, 4.69) is 33.6 Å². The van der Waals surface area contributed by atoms with Crippen LogP contribution in [0.1, 0.15) is 20.3 Å². The van der Waals surface area contributed by atoms with Gasteiger partial charge in [-0.1, -0.05) is 6.92 Å². The third kappa shape index (κ3) is 3.09. The maximum atomic E-state index is 5.25. The summed E-state index contributed by atoms with van der Waals surface area (Å²) in [4.78, 5) is 13.7. The maximum Gasteiger partial charge on any atom is 0.220 e. The summed E-state index contributed by atoms with van der Waals surface area (Å²) in [6.07, 6.45) is 0.985. The molecule has 0 aromatic heterocycles. The van der Waals surface area contributed by atoms with Gasteiger partial charge < -0.3 is 9.64 Å². The van der Waals surface area contributed by atoms with E-state index in [1.807, 2.05) is 7.05 Å². The Labute approximate surface area is 110 Å². The Hall–Kier alpha value is -0.940. The summed E-state index contributed by atoms with van der Waals surface area (Å²) >= 11 is 0. The number of hydrogen-bond donors (Lipinski definition) is 0. The van der Waals surface area contributed by atoms with Gasteiger partial charge in [0, 0.05) is 38.9 Å². The summed E-state index contributed by atoms with van der Waals surface area (Å²) in [7, 11) is 1.83. The smallest absolute Gasteiger partial charge is 0.220 e. The van der Waals surface area contributed by atoms with E-state index in [4.69, 9.17) is 4.74 Å². The molecule has 0 spiro atoms. The van der Waals surface area contributed by atoms with Gasteiger partial charge in [0.1, 0.15) is 0 Å². The van der Waals surface area contributed by atoms with Gasteiger partial charge in [-0.05, 0) is 13.3 Å². The van der Waals surface area contributed by atoms with Crippen LogP contribution in [-0.4, -0.2) is 74.0 Å². The molecule has 2 rings (SSSR count). The highest BCUT2D eigenvalue weighted by molar-refractivity contribution is 5.95. The molecule has 0 atom stereocenters. The number of nitrogens with zero attached hydrogens (tertiary/aromatic N) is 4. The second kappa shape index (κ2) is 6.29. The molecular weight excluding hydrogens is 228 g/mol. The first-order valence-electron chi connectivity index (χ1n) is 6.82. The highest BCUT2D eigenvalue weighted by Gasteiger charge is 2.29. The minimum absolute atomic E-state index is 0.648. The fourth-order valence-corrected chi connectivity index (χ4v) is 2.23. The second-order valence-corrected chi connectivity index (χ2v) is 4.94. The zero-order chi connectivity index (χ0) is 13.0. The summed E-state index contributed by atoms with van der Waals surface area (Å²) in [5.41, 5.74) is 1.14. The number of piperazine rings is 1. The molecule has 2 aliphatic heterocycles. The fourth-order valence-electron chi connectivity index (χ4n) is 2.23. The molecule has 5 nitrogen and oxygen atoms in total. The molecule has 0 aliphatic carbocycles. The largest absolute Gasteiger partial charge is 0.378 e. The lowest BCUT2D eigenvalue weighted by Crippen LogP contribution is -2.57. The minimum atomic E-state index is 0.648. The lowest BCUT2D eigenvalue weighted by Gasteiger charge is -2.42. The van der Waals surface area contributed by atoms with Crippen molar-refractivity contribution in [1.82, 2.24) is 9.80 Å². The first kappa shape index (κ1) is 13.5. The molecule has 0 bridgehead atoms. The van der Waals surface area contributed by atoms with Gasteiger partial charge in [0.05, 0.1) is 19.3 Å². The standard InChI is InChI=1S/C13H24N4O/c1-4-11(2)15-13(14-3)17-7-5-16(6-8-17)12-9-18-10-12/h12H,4-10H2,1-3H3/b14-13?,15-11-. The Kier molecular flexibility index (Phi) is 4.72. The first-order chi connectivity index (χ1) is 8.74. The van der Waals surface area contributed by atoms with Crippen molar-refractivity contribution in [3.8, 4) is 0 Å². The van der Waals surface area contributed by atoms with Gasteiger partial charge >= 0.3 is 0 Å². The molecule has 2 aliphatic rings. The minimum Gasteiger partial charge on any atom is -0.378 e. The van der Waals surface area contributed by atoms with Crippen molar-refractivity contribution >= 4 is 11.7 Å². The normalized spacial score (nSPS) is 24.3. The Morgan fingerprint density at radius 1 is 1.22 bits per heavy atom. The lowest BCUT2D eigenvalue weighted by molar-refractivity contribution is -0.0729. The monoisotopic (exact) mass is 252 g/mol. The van der Waals surface area contributed by atoms with Crippen LogP contribution in [0.2, 0.25) is 0 Å². The van der Waals surface area contributed by atoms with Crippen LogP contribution >= 0.6 is 0 Å². The zero-order valence-electron chi connectivity index (χ0n) is 11.7. The summed E-state index contributed by atoms with van der Waals surface area (Å²) in [6.45, 7) is 10.2. The van der Waals surface area contributed by atoms with Gasteiger partial charge in [0.2, 0.25) is 5.96 Å². The summed E-state index contributed by atoms with van der Waals surface area (Å²) in [5, 5.41) is 0. The molecule has 102 valence electrons. The van der Waals surface area contributed by atoms with Crippen LogP contribution in [0.15, 0.2) is 9.98 Å². The van der Waals surface area contributed by atoms with Crippen LogP contribution in [0.3, 0.4) is 0 Å². The Balaban J connectivity index is 1.87. The predicted octanol–water partition coefficient (Wildman–Crippen LogP) is 0.860.